The molecule has 2 atom stereocenters. The summed E-state index contributed by atoms with van der Waals surface area (Å²) in [5.74, 6) is 0.793. The number of nitrogens with two attached hydrogens (primary N) is 1. The van der Waals surface area contributed by atoms with Crippen molar-refractivity contribution in [1.82, 2.24) is 5.32 Å². The molecule has 2 unspecified atom stereocenters. The van der Waals surface area contributed by atoms with Crippen molar-refractivity contribution in [3.63, 3.8) is 0 Å². The molecule has 2 heterocycles. The molecule has 234 valence electrons. The van der Waals surface area contributed by atoms with Crippen molar-refractivity contribution in [3.8, 4) is 0 Å². The van der Waals surface area contributed by atoms with E-state index in [0.29, 0.717) is 16.0 Å². The lowest BCUT2D eigenvalue weighted by Gasteiger charge is -2.50. The Labute approximate surface area is 269 Å². The first-order chi connectivity index (χ1) is 21.6. The Morgan fingerprint density at radius 3 is 2.27 bits per heavy atom. The highest BCUT2D eigenvalue weighted by atomic mass is 32.2. The molecule has 1 spiro atoms. The molecule has 3 aromatic rings. The van der Waals surface area contributed by atoms with E-state index in [2.05, 4.69) is 82.6 Å². The Kier molecular flexibility index (Phi) is 8.97. The van der Waals surface area contributed by atoms with Gasteiger partial charge in [-0.25, -0.2) is 0 Å². The van der Waals surface area contributed by atoms with E-state index in [4.69, 9.17) is 11.1 Å². The standard InChI is InChI=1S/C39H52N4S/c40-36(41)30-21-22-31-26-39(33-18-8-4-3-5-9-19-33,37-42-28-38(44-37)23-12-6-1-2-7-13-24-38)43(35(31)25-30)27-32-17-14-16-29-15-10-11-20-34(29)32/h10-11,14-17,20-22,25,33,37,42H,1-9,12-13,18-19,23-24,26-28H2,(H3,40,41). The normalized spacial score (nSPS) is 26.5. The molecular formula is C39H52N4S. The number of hydrogen-bond acceptors (Lipinski definition) is 4. The SMILES string of the molecule is N=C(N)c1ccc2c(c1)N(Cc1cccc3ccccc13)C(C1CCCCCCC1)(C1NCC3(CCCCCCCC3)S1)C2. The van der Waals surface area contributed by atoms with Crippen LogP contribution in [0.15, 0.2) is 60.7 Å². The number of anilines is 1. The predicted molar refractivity (Wildman–Crippen MR) is 189 cm³/mol. The molecule has 4 nitrogen and oxygen atoms in total. The molecule has 4 aliphatic rings. The Morgan fingerprint density at radius 1 is 0.841 bits per heavy atom. The minimum atomic E-state index is -0.0153. The van der Waals surface area contributed by atoms with Crippen molar-refractivity contribution in [2.45, 2.75) is 125 Å². The van der Waals surface area contributed by atoms with Crippen LogP contribution in [0, 0.1) is 11.3 Å². The Balaban J connectivity index is 1.35. The minimum Gasteiger partial charge on any atom is -0.384 e. The second-order valence-corrected chi connectivity index (χ2v) is 15.9. The Bertz CT molecular complexity index is 1440. The van der Waals surface area contributed by atoms with Gasteiger partial charge in [0, 0.05) is 35.5 Å². The Morgan fingerprint density at radius 2 is 1.52 bits per heavy atom. The second kappa shape index (κ2) is 13.1. The molecule has 44 heavy (non-hydrogen) atoms. The Hall–Kier alpha value is -2.50. The van der Waals surface area contributed by atoms with Crippen molar-refractivity contribution in [3.05, 3.63) is 77.4 Å². The van der Waals surface area contributed by atoms with Gasteiger partial charge in [0.05, 0.1) is 10.9 Å². The first-order valence-corrected chi connectivity index (χ1v) is 18.6. The summed E-state index contributed by atoms with van der Waals surface area (Å²) in [6.07, 6.45) is 21.6. The molecule has 5 heteroatoms. The third kappa shape index (κ3) is 5.80. The maximum atomic E-state index is 8.34. The highest BCUT2D eigenvalue weighted by molar-refractivity contribution is 8.01. The fourth-order valence-electron chi connectivity index (χ4n) is 9.27. The molecule has 0 radical (unpaired) electrons. The van der Waals surface area contributed by atoms with Crippen LogP contribution in [0.3, 0.4) is 0 Å². The van der Waals surface area contributed by atoms with Crippen molar-refractivity contribution in [2.75, 3.05) is 11.4 Å². The smallest absolute Gasteiger partial charge is 0.122 e. The van der Waals surface area contributed by atoms with Gasteiger partial charge in [0.2, 0.25) is 0 Å². The monoisotopic (exact) mass is 608 g/mol. The van der Waals surface area contributed by atoms with Crippen molar-refractivity contribution in [2.24, 2.45) is 11.7 Å². The molecule has 2 aliphatic heterocycles. The topological polar surface area (TPSA) is 65.1 Å². The van der Waals surface area contributed by atoms with Gasteiger partial charge < -0.3 is 16.0 Å². The fraction of sp³-hybridized carbons (Fsp3) is 0.564. The predicted octanol–water partition coefficient (Wildman–Crippen LogP) is 9.32. The number of nitrogen functional groups attached to an aromatic ring is 1. The van der Waals surface area contributed by atoms with E-state index in [-0.39, 0.29) is 11.4 Å². The second-order valence-electron chi connectivity index (χ2n) is 14.4. The van der Waals surface area contributed by atoms with Crippen LogP contribution in [-0.4, -0.2) is 28.0 Å². The summed E-state index contributed by atoms with van der Waals surface area (Å²) in [6, 6.07) is 22.4. The van der Waals surface area contributed by atoms with E-state index in [1.165, 1.54) is 124 Å². The molecule has 0 bridgehead atoms. The van der Waals surface area contributed by atoms with Crippen LogP contribution in [0.1, 0.15) is 113 Å². The summed E-state index contributed by atoms with van der Waals surface area (Å²) in [5.41, 5.74) is 11.1. The van der Waals surface area contributed by atoms with Gasteiger partial charge in [-0.3, -0.25) is 5.41 Å². The summed E-state index contributed by atoms with van der Waals surface area (Å²) in [6.45, 7) is 2.03. The maximum absolute atomic E-state index is 8.34. The molecule has 2 aliphatic carbocycles. The molecule has 2 saturated carbocycles. The average molecular weight is 609 g/mol. The molecule has 7 rings (SSSR count). The van der Waals surface area contributed by atoms with E-state index in [1.54, 1.807) is 0 Å². The minimum absolute atomic E-state index is 0.0153. The number of nitrogens with zero attached hydrogens (tertiary/aromatic N) is 1. The zero-order valence-electron chi connectivity index (χ0n) is 26.6. The van der Waals surface area contributed by atoms with E-state index in [0.717, 1.165) is 25.1 Å². The fourth-order valence-corrected chi connectivity index (χ4v) is 11.2. The van der Waals surface area contributed by atoms with Gasteiger partial charge >= 0.3 is 0 Å². The number of rotatable bonds is 5. The van der Waals surface area contributed by atoms with Crippen LogP contribution >= 0.6 is 11.8 Å². The number of fused-ring (bicyclic) bond motifs is 2. The van der Waals surface area contributed by atoms with Gasteiger partial charge in [-0.1, -0.05) is 125 Å². The first-order valence-electron chi connectivity index (χ1n) is 17.7. The van der Waals surface area contributed by atoms with Crippen LogP contribution in [0.4, 0.5) is 5.69 Å². The van der Waals surface area contributed by atoms with Crippen LogP contribution < -0.4 is 16.0 Å². The number of hydrogen-bond donors (Lipinski definition) is 3. The molecule has 3 aromatic carbocycles. The summed E-state index contributed by atoms with van der Waals surface area (Å²) in [4.78, 5) is 2.85. The van der Waals surface area contributed by atoms with Gasteiger partial charge in [0.25, 0.3) is 0 Å². The average Bonchev–Trinajstić information content (AvgIpc) is 3.61. The number of benzene rings is 3. The number of nitrogens with one attached hydrogen (secondary N) is 2. The van der Waals surface area contributed by atoms with E-state index >= 15 is 0 Å². The number of thioether (sulfide) groups is 1. The van der Waals surface area contributed by atoms with E-state index in [9.17, 15) is 0 Å². The molecule has 0 aromatic heterocycles. The van der Waals surface area contributed by atoms with Crippen LogP contribution in [-0.2, 0) is 13.0 Å². The third-order valence-corrected chi connectivity index (χ3v) is 13.5. The lowest BCUT2D eigenvalue weighted by molar-refractivity contribution is 0.195. The van der Waals surface area contributed by atoms with Gasteiger partial charge in [0.1, 0.15) is 5.84 Å². The molecule has 1 saturated heterocycles. The lowest BCUT2D eigenvalue weighted by atomic mass is 9.73. The number of amidine groups is 1. The molecule has 0 amide bonds. The lowest BCUT2D eigenvalue weighted by Crippen LogP contribution is -2.62. The van der Waals surface area contributed by atoms with Gasteiger partial charge in [0.15, 0.2) is 0 Å². The van der Waals surface area contributed by atoms with Crippen molar-refractivity contribution < 1.29 is 0 Å². The van der Waals surface area contributed by atoms with Gasteiger partial charge in [-0.05, 0) is 59.6 Å². The summed E-state index contributed by atoms with van der Waals surface area (Å²) < 4.78 is 0.355. The van der Waals surface area contributed by atoms with E-state index in [1.807, 2.05) is 0 Å². The summed E-state index contributed by atoms with van der Waals surface area (Å²) in [5, 5.41) is 15.7. The van der Waals surface area contributed by atoms with Crippen LogP contribution in [0.25, 0.3) is 10.8 Å². The van der Waals surface area contributed by atoms with Gasteiger partial charge in [-0.2, -0.15) is 0 Å². The maximum Gasteiger partial charge on any atom is 0.122 e. The van der Waals surface area contributed by atoms with Crippen molar-refractivity contribution >= 4 is 34.1 Å². The van der Waals surface area contributed by atoms with Crippen molar-refractivity contribution in [1.29, 1.82) is 5.41 Å². The largest absolute Gasteiger partial charge is 0.384 e. The third-order valence-electron chi connectivity index (χ3n) is 11.6. The molecule has 4 N–H and O–H groups in total. The highest BCUT2D eigenvalue weighted by Gasteiger charge is 2.58. The first kappa shape index (κ1) is 30.2. The quantitative estimate of drug-likeness (QED) is 0.199. The summed E-state index contributed by atoms with van der Waals surface area (Å²) >= 11 is 2.35. The zero-order chi connectivity index (χ0) is 30.0. The van der Waals surface area contributed by atoms with Crippen LogP contribution in [0.2, 0.25) is 0 Å². The van der Waals surface area contributed by atoms with E-state index < -0.39 is 0 Å². The summed E-state index contributed by atoms with van der Waals surface area (Å²) in [7, 11) is 0. The van der Waals surface area contributed by atoms with Gasteiger partial charge in [-0.15, -0.1) is 11.8 Å². The zero-order valence-corrected chi connectivity index (χ0v) is 27.4. The highest BCUT2D eigenvalue weighted by Crippen LogP contribution is 2.56. The van der Waals surface area contributed by atoms with Crippen LogP contribution in [0.5, 0.6) is 0 Å². The molecular weight excluding hydrogens is 557 g/mol. The molecule has 3 fully saturated rings.